The van der Waals surface area contributed by atoms with Crippen molar-refractivity contribution in [2.24, 2.45) is 0 Å². The lowest BCUT2D eigenvalue weighted by molar-refractivity contribution is -0.115. The number of aryl methyl sites for hydroxylation is 4. The molecule has 0 fully saturated rings. The van der Waals surface area contributed by atoms with Crippen molar-refractivity contribution in [1.82, 2.24) is 0 Å². The lowest BCUT2D eigenvalue weighted by Gasteiger charge is -2.32. The van der Waals surface area contributed by atoms with Gasteiger partial charge in [0.15, 0.2) is 0 Å². The van der Waals surface area contributed by atoms with Gasteiger partial charge in [0, 0.05) is 13.3 Å². The molecular weight excluding hydrogens is 258 g/mol. The number of rotatable bonds is 0. The van der Waals surface area contributed by atoms with Gasteiger partial charge in [-0.05, 0) is 73.2 Å². The van der Waals surface area contributed by atoms with E-state index in [9.17, 15) is 4.79 Å². The Balaban J connectivity index is 2.27. The summed E-state index contributed by atoms with van der Waals surface area (Å²) < 4.78 is 0. The minimum atomic E-state index is 0.0729. The molecule has 2 aromatic rings. The van der Waals surface area contributed by atoms with Crippen LogP contribution in [-0.2, 0) is 11.2 Å². The first kappa shape index (κ1) is 13.9. The van der Waals surface area contributed by atoms with Gasteiger partial charge in [-0.3, -0.25) is 9.69 Å². The summed E-state index contributed by atoms with van der Waals surface area (Å²) in [4.78, 5) is 14.1. The highest BCUT2D eigenvalue weighted by molar-refractivity contribution is 6.02. The van der Waals surface area contributed by atoms with Gasteiger partial charge in [-0.15, -0.1) is 0 Å². The third-order valence-electron chi connectivity index (χ3n) is 4.57. The highest BCUT2D eigenvalue weighted by Crippen LogP contribution is 2.41. The summed E-state index contributed by atoms with van der Waals surface area (Å²) in [6, 6.07) is 8.73. The molecule has 0 radical (unpaired) electrons. The van der Waals surface area contributed by atoms with Crippen LogP contribution in [0.15, 0.2) is 24.3 Å². The van der Waals surface area contributed by atoms with E-state index in [1.165, 1.54) is 33.4 Å². The van der Waals surface area contributed by atoms with Crippen LogP contribution in [0.5, 0.6) is 0 Å². The zero-order valence-corrected chi connectivity index (χ0v) is 13.4. The molecule has 1 aliphatic heterocycles. The Hall–Kier alpha value is -2.09. The maximum Gasteiger partial charge on any atom is 0.228 e. The van der Waals surface area contributed by atoms with E-state index >= 15 is 0 Å². The summed E-state index contributed by atoms with van der Waals surface area (Å²) in [5.74, 6) is 0.0729. The van der Waals surface area contributed by atoms with Crippen LogP contribution >= 0.6 is 0 Å². The van der Waals surface area contributed by atoms with E-state index in [0.29, 0.717) is 0 Å². The van der Waals surface area contributed by atoms with Gasteiger partial charge in [0.1, 0.15) is 0 Å². The standard InChI is InChI=1S/C19H21NO/c1-11-6-16-10-17-7-12(2)14(4)9-19(17)20(15(5)21)18(16)8-13(11)3/h6-9H,10H2,1-5H3. The Morgan fingerprint density at radius 1 is 0.810 bits per heavy atom. The largest absolute Gasteiger partial charge is 0.281 e. The number of fused-ring (bicyclic) bond motifs is 2. The van der Waals surface area contributed by atoms with Crippen molar-refractivity contribution < 1.29 is 4.79 Å². The molecule has 0 aromatic heterocycles. The van der Waals surface area contributed by atoms with E-state index in [0.717, 1.165) is 17.8 Å². The number of benzene rings is 2. The molecule has 3 rings (SSSR count). The third kappa shape index (κ3) is 2.15. The summed E-state index contributed by atoms with van der Waals surface area (Å²) in [5, 5.41) is 0. The van der Waals surface area contributed by atoms with Crippen LogP contribution in [0.1, 0.15) is 40.3 Å². The van der Waals surface area contributed by atoms with Gasteiger partial charge in [-0.1, -0.05) is 12.1 Å². The van der Waals surface area contributed by atoms with Gasteiger partial charge < -0.3 is 0 Å². The molecule has 0 bridgehead atoms. The molecule has 0 aliphatic carbocycles. The summed E-state index contributed by atoms with van der Waals surface area (Å²) in [6.45, 7) is 10.1. The highest BCUT2D eigenvalue weighted by Gasteiger charge is 2.26. The van der Waals surface area contributed by atoms with Crippen LogP contribution in [0.25, 0.3) is 0 Å². The molecule has 0 N–H and O–H groups in total. The van der Waals surface area contributed by atoms with Gasteiger partial charge in [0.25, 0.3) is 0 Å². The summed E-state index contributed by atoms with van der Waals surface area (Å²) in [5.41, 5.74) is 9.59. The lowest BCUT2D eigenvalue weighted by Crippen LogP contribution is -2.28. The molecule has 0 atom stereocenters. The monoisotopic (exact) mass is 279 g/mol. The number of hydrogen-bond acceptors (Lipinski definition) is 1. The van der Waals surface area contributed by atoms with Crippen molar-refractivity contribution in [2.75, 3.05) is 4.90 Å². The minimum absolute atomic E-state index is 0.0729. The van der Waals surface area contributed by atoms with Crippen molar-refractivity contribution in [2.45, 2.75) is 41.0 Å². The topological polar surface area (TPSA) is 20.3 Å². The van der Waals surface area contributed by atoms with E-state index in [4.69, 9.17) is 0 Å². The molecule has 1 heterocycles. The Morgan fingerprint density at radius 3 is 1.57 bits per heavy atom. The second kappa shape index (κ2) is 4.73. The second-order valence-corrected chi connectivity index (χ2v) is 6.16. The van der Waals surface area contributed by atoms with E-state index in [1.807, 2.05) is 4.90 Å². The number of nitrogens with zero attached hydrogens (tertiary/aromatic N) is 1. The quantitative estimate of drug-likeness (QED) is 0.695. The molecule has 2 nitrogen and oxygen atoms in total. The molecule has 2 aromatic carbocycles. The summed E-state index contributed by atoms with van der Waals surface area (Å²) in [6.07, 6.45) is 0.899. The van der Waals surface area contributed by atoms with E-state index in [2.05, 4.69) is 52.0 Å². The normalized spacial score (nSPS) is 12.9. The fraction of sp³-hybridized carbons (Fsp3) is 0.316. The lowest BCUT2D eigenvalue weighted by atomic mass is 9.90. The highest BCUT2D eigenvalue weighted by atomic mass is 16.2. The molecule has 1 aliphatic rings. The molecule has 0 saturated carbocycles. The Morgan fingerprint density at radius 2 is 1.19 bits per heavy atom. The molecule has 1 amide bonds. The van der Waals surface area contributed by atoms with Crippen molar-refractivity contribution in [3.63, 3.8) is 0 Å². The predicted molar refractivity (Wildman–Crippen MR) is 87.5 cm³/mol. The number of hydrogen-bond donors (Lipinski definition) is 0. The Bertz CT molecular complexity index is 701. The zero-order chi connectivity index (χ0) is 15.3. The van der Waals surface area contributed by atoms with Gasteiger partial charge in [-0.25, -0.2) is 0 Å². The number of carbonyl (C=O) groups is 1. The van der Waals surface area contributed by atoms with E-state index in [-0.39, 0.29) is 5.91 Å². The van der Waals surface area contributed by atoms with Crippen LogP contribution in [0.4, 0.5) is 11.4 Å². The van der Waals surface area contributed by atoms with Crippen LogP contribution in [0, 0.1) is 27.7 Å². The third-order valence-corrected chi connectivity index (χ3v) is 4.57. The SMILES string of the molecule is CC(=O)N1c2cc(C)c(C)cc2Cc2cc(C)c(C)cc21. The molecule has 2 heteroatoms. The van der Waals surface area contributed by atoms with E-state index < -0.39 is 0 Å². The molecule has 0 unspecified atom stereocenters. The molecular formula is C19H21NO. The van der Waals surface area contributed by atoms with Crippen molar-refractivity contribution >= 4 is 17.3 Å². The fourth-order valence-electron chi connectivity index (χ4n) is 3.10. The molecule has 0 spiro atoms. The van der Waals surface area contributed by atoms with Crippen LogP contribution in [-0.4, -0.2) is 5.91 Å². The average molecular weight is 279 g/mol. The first-order valence-electron chi connectivity index (χ1n) is 7.39. The predicted octanol–water partition coefficient (Wildman–Crippen LogP) is 4.51. The first-order chi connectivity index (χ1) is 9.88. The van der Waals surface area contributed by atoms with Crippen LogP contribution < -0.4 is 4.90 Å². The zero-order valence-electron chi connectivity index (χ0n) is 13.4. The minimum Gasteiger partial charge on any atom is -0.281 e. The molecule has 108 valence electrons. The van der Waals surface area contributed by atoms with Gasteiger partial charge in [0.2, 0.25) is 5.91 Å². The summed E-state index contributed by atoms with van der Waals surface area (Å²) in [7, 11) is 0. The van der Waals surface area contributed by atoms with E-state index in [1.54, 1.807) is 6.92 Å². The first-order valence-corrected chi connectivity index (χ1v) is 7.39. The van der Waals surface area contributed by atoms with Crippen LogP contribution in [0.3, 0.4) is 0 Å². The average Bonchev–Trinajstić information content (AvgIpc) is 2.39. The Labute approximate surface area is 126 Å². The maximum atomic E-state index is 12.2. The molecule has 0 saturated heterocycles. The number of amides is 1. The van der Waals surface area contributed by atoms with Gasteiger partial charge in [0.05, 0.1) is 11.4 Å². The van der Waals surface area contributed by atoms with Crippen molar-refractivity contribution in [1.29, 1.82) is 0 Å². The fourth-order valence-corrected chi connectivity index (χ4v) is 3.10. The second-order valence-electron chi connectivity index (χ2n) is 6.16. The Kier molecular flexibility index (Phi) is 3.12. The summed E-state index contributed by atoms with van der Waals surface area (Å²) >= 11 is 0. The van der Waals surface area contributed by atoms with Gasteiger partial charge in [-0.2, -0.15) is 0 Å². The molecule has 21 heavy (non-hydrogen) atoms. The van der Waals surface area contributed by atoms with Gasteiger partial charge >= 0.3 is 0 Å². The van der Waals surface area contributed by atoms with Crippen molar-refractivity contribution in [3.05, 3.63) is 57.6 Å². The van der Waals surface area contributed by atoms with Crippen LogP contribution in [0.2, 0.25) is 0 Å². The number of anilines is 2. The smallest absolute Gasteiger partial charge is 0.228 e. The maximum absolute atomic E-state index is 12.2. The van der Waals surface area contributed by atoms with Crippen molar-refractivity contribution in [3.8, 4) is 0 Å². The number of carbonyl (C=O) groups excluding carboxylic acids is 1.